The fourth-order valence-electron chi connectivity index (χ4n) is 3.49. The smallest absolute Gasteiger partial charge is 0.316 e. The number of carboxylic acids is 1. The van der Waals surface area contributed by atoms with Gasteiger partial charge in [-0.3, -0.25) is 9.59 Å². The first-order valence-electron chi connectivity index (χ1n) is 12.6. The van der Waals surface area contributed by atoms with E-state index in [1.54, 1.807) is 6.92 Å². The number of unbranched alkanes of at least 4 members (excludes halogenated alkanes) is 11. The highest BCUT2D eigenvalue weighted by molar-refractivity contribution is 8.00. The topological polar surface area (TPSA) is 75.6 Å². The highest BCUT2D eigenvalue weighted by atomic mass is 32.2. The van der Waals surface area contributed by atoms with E-state index >= 15 is 0 Å². The van der Waals surface area contributed by atoms with Gasteiger partial charge in [0.25, 0.3) is 0 Å². The predicted octanol–water partition coefficient (Wildman–Crippen LogP) is 6.44. The summed E-state index contributed by atoms with van der Waals surface area (Å²) in [6.07, 6.45) is 16.3. The summed E-state index contributed by atoms with van der Waals surface area (Å²) in [6, 6.07) is 0.0691. The maximum atomic E-state index is 12.0. The number of carboxylic acid groups (broad SMARTS) is 1. The monoisotopic (exact) mass is 459 g/mol. The molecule has 5 nitrogen and oxygen atoms in total. The predicted molar refractivity (Wildman–Crippen MR) is 133 cm³/mol. The summed E-state index contributed by atoms with van der Waals surface area (Å²) in [7, 11) is 0. The van der Waals surface area contributed by atoms with Crippen LogP contribution >= 0.6 is 11.8 Å². The van der Waals surface area contributed by atoms with Crippen molar-refractivity contribution in [1.29, 1.82) is 0 Å². The molecule has 6 heteroatoms. The van der Waals surface area contributed by atoms with Crippen LogP contribution in [-0.4, -0.2) is 47.2 Å². The highest BCUT2D eigenvalue weighted by Gasteiger charge is 2.24. The maximum absolute atomic E-state index is 12.0. The second kappa shape index (κ2) is 21.1. The van der Waals surface area contributed by atoms with Crippen LogP contribution in [0.5, 0.6) is 0 Å². The molecule has 0 aliphatic carbocycles. The first-order valence-corrected chi connectivity index (χ1v) is 13.7. The molecule has 0 heterocycles. The molecule has 0 aromatic carbocycles. The second-order valence-corrected chi connectivity index (χ2v) is 10.3. The Balaban J connectivity index is 3.58. The van der Waals surface area contributed by atoms with Crippen LogP contribution in [0.1, 0.15) is 111 Å². The van der Waals surface area contributed by atoms with Crippen molar-refractivity contribution in [2.24, 2.45) is 5.92 Å². The maximum Gasteiger partial charge on any atom is 0.316 e. The normalized spacial score (nSPS) is 13.3. The number of rotatable bonds is 22. The molecule has 0 aliphatic heterocycles. The van der Waals surface area contributed by atoms with E-state index in [2.05, 4.69) is 12.2 Å². The molecule has 0 fully saturated rings. The number of thioether (sulfide) groups is 1. The van der Waals surface area contributed by atoms with Crippen molar-refractivity contribution in [2.75, 3.05) is 19.0 Å². The van der Waals surface area contributed by atoms with E-state index in [0.717, 1.165) is 13.0 Å². The molecule has 1 amide bonds. The molecular weight excluding hydrogens is 410 g/mol. The number of carbonyl (C=O) groups excluding carboxylic acids is 1. The Labute approximate surface area is 195 Å². The molecule has 184 valence electrons. The molecule has 0 bridgehead atoms. The van der Waals surface area contributed by atoms with Crippen LogP contribution in [0.3, 0.4) is 0 Å². The van der Waals surface area contributed by atoms with Crippen LogP contribution in [0, 0.1) is 5.92 Å². The van der Waals surface area contributed by atoms with Gasteiger partial charge >= 0.3 is 5.97 Å². The van der Waals surface area contributed by atoms with E-state index in [1.807, 2.05) is 13.8 Å². The van der Waals surface area contributed by atoms with E-state index < -0.39 is 11.2 Å². The van der Waals surface area contributed by atoms with Crippen molar-refractivity contribution in [3.05, 3.63) is 0 Å². The van der Waals surface area contributed by atoms with Crippen molar-refractivity contribution in [1.82, 2.24) is 5.32 Å². The number of nitrogens with one attached hydrogen (secondary N) is 1. The lowest BCUT2D eigenvalue weighted by molar-refractivity contribution is -0.136. The van der Waals surface area contributed by atoms with Crippen LogP contribution < -0.4 is 5.32 Å². The quantitative estimate of drug-likeness (QED) is 0.182. The molecule has 0 aromatic heterocycles. The lowest BCUT2D eigenvalue weighted by Crippen LogP contribution is -2.36. The molecule has 2 N–H and O–H groups in total. The molecule has 0 saturated heterocycles. The first kappa shape index (κ1) is 30.2. The lowest BCUT2D eigenvalue weighted by atomic mass is 10.0. The number of hydrogen-bond donors (Lipinski definition) is 2. The zero-order valence-corrected chi connectivity index (χ0v) is 21.4. The molecule has 0 radical (unpaired) electrons. The number of aliphatic carboxylic acids is 1. The SMILES string of the molecule is CCCCCCCCCCCCCCOCCSC(CC(C)C(=O)NC(C)C)C(=O)O. The molecule has 0 rings (SSSR count). The molecule has 31 heavy (non-hydrogen) atoms. The largest absolute Gasteiger partial charge is 0.480 e. The van der Waals surface area contributed by atoms with Gasteiger partial charge in [-0.25, -0.2) is 0 Å². The molecule has 0 saturated carbocycles. The van der Waals surface area contributed by atoms with Gasteiger partial charge in [-0.05, 0) is 26.7 Å². The summed E-state index contributed by atoms with van der Waals surface area (Å²) in [5, 5.41) is 11.7. The summed E-state index contributed by atoms with van der Waals surface area (Å²) >= 11 is 1.38. The number of hydrogen-bond acceptors (Lipinski definition) is 4. The van der Waals surface area contributed by atoms with Gasteiger partial charge in [0.1, 0.15) is 5.25 Å². The van der Waals surface area contributed by atoms with Gasteiger partial charge in [-0.1, -0.05) is 84.5 Å². The fourth-order valence-corrected chi connectivity index (χ4v) is 4.56. The third kappa shape index (κ3) is 19.6. The van der Waals surface area contributed by atoms with E-state index in [9.17, 15) is 14.7 Å². The van der Waals surface area contributed by atoms with E-state index in [0.29, 0.717) is 18.8 Å². The second-order valence-electron chi connectivity index (χ2n) is 9.00. The Hall–Kier alpha value is -0.750. The molecule has 2 atom stereocenters. The Morgan fingerprint density at radius 3 is 1.84 bits per heavy atom. The fraction of sp³-hybridized carbons (Fsp3) is 0.920. The van der Waals surface area contributed by atoms with E-state index in [-0.39, 0.29) is 17.9 Å². The number of amides is 1. The average Bonchev–Trinajstić information content (AvgIpc) is 2.71. The molecule has 0 aromatic rings. The third-order valence-corrected chi connectivity index (χ3v) is 6.61. The van der Waals surface area contributed by atoms with E-state index in [1.165, 1.54) is 82.4 Å². The van der Waals surface area contributed by atoms with Gasteiger partial charge in [0.15, 0.2) is 0 Å². The van der Waals surface area contributed by atoms with Gasteiger partial charge in [0.2, 0.25) is 5.91 Å². The Morgan fingerprint density at radius 1 is 0.839 bits per heavy atom. The third-order valence-electron chi connectivity index (χ3n) is 5.41. The summed E-state index contributed by atoms with van der Waals surface area (Å²) in [5.74, 6) is -0.591. The van der Waals surface area contributed by atoms with Crippen LogP contribution in [0.25, 0.3) is 0 Å². The molecule has 2 unspecified atom stereocenters. The minimum atomic E-state index is -0.852. The molecule has 0 aliphatic rings. The van der Waals surface area contributed by atoms with Crippen LogP contribution in [0.2, 0.25) is 0 Å². The summed E-state index contributed by atoms with van der Waals surface area (Å²) < 4.78 is 5.67. The Bertz CT molecular complexity index is 445. The summed E-state index contributed by atoms with van der Waals surface area (Å²) in [4.78, 5) is 23.5. The van der Waals surface area contributed by atoms with Gasteiger partial charge in [-0.2, -0.15) is 0 Å². The highest BCUT2D eigenvalue weighted by Crippen LogP contribution is 2.20. The van der Waals surface area contributed by atoms with Gasteiger partial charge in [-0.15, -0.1) is 11.8 Å². The summed E-state index contributed by atoms with van der Waals surface area (Å²) in [6.45, 7) is 9.18. The first-order chi connectivity index (χ1) is 14.9. The van der Waals surface area contributed by atoms with Crippen molar-refractivity contribution < 1.29 is 19.4 Å². The van der Waals surface area contributed by atoms with Gasteiger partial charge < -0.3 is 15.2 Å². The van der Waals surface area contributed by atoms with Crippen LogP contribution in [0.15, 0.2) is 0 Å². The van der Waals surface area contributed by atoms with Crippen LogP contribution in [0.4, 0.5) is 0 Å². The van der Waals surface area contributed by atoms with Gasteiger partial charge in [0, 0.05) is 24.3 Å². The van der Waals surface area contributed by atoms with Gasteiger partial charge in [0.05, 0.1) is 6.61 Å². The lowest BCUT2D eigenvalue weighted by Gasteiger charge is -2.18. The number of carbonyl (C=O) groups is 2. The summed E-state index contributed by atoms with van der Waals surface area (Å²) in [5.41, 5.74) is 0. The van der Waals surface area contributed by atoms with Crippen molar-refractivity contribution in [3.63, 3.8) is 0 Å². The average molecular weight is 460 g/mol. The number of ether oxygens (including phenoxy) is 1. The Morgan fingerprint density at radius 2 is 1.35 bits per heavy atom. The molecule has 0 spiro atoms. The van der Waals surface area contributed by atoms with Crippen LogP contribution in [-0.2, 0) is 14.3 Å². The van der Waals surface area contributed by atoms with Crippen molar-refractivity contribution >= 4 is 23.6 Å². The zero-order valence-electron chi connectivity index (χ0n) is 20.6. The minimum Gasteiger partial charge on any atom is -0.480 e. The zero-order chi connectivity index (χ0) is 23.3. The molecular formula is C25H49NO4S. The van der Waals surface area contributed by atoms with Crippen molar-refractivity contribution in [3.8, 4) is 0 Å². The minimum absolute atomic E-state index is 0.0691. The van der Waals surface area contributed by atoms with E-state index in [4.69, 9.17) is 4.74 Å². The standard InChI is InChI=1S/C25H49NO4S/c1-5-6-7-8-9-10-11-12-13-14-15-16-17-30-18-19-31-23(25(28)29)20-22(4)24(27)26-21(2)3/h21-23H,5-20H2,1-4H3,(H,26,27)(H,28,29). The Kier molecular flexibility index (Phi) is 20.6. The van der Waals surface area contributed by atoms with Crippen molar-refractivity contribution in [2.45, 2.75) is 122 Å².